The van der Waals surface area contributed by atoms with Crippen LogP contribution in [0.2, 0.25) is 0 Å². The van der Waals surface area contributed by atoms with Gasteiger partial charge in [-0.25, -0.2) is 0 Å². The number of rotatable bonds is 8. The van der Waals surface area contributed by atoms with E-state index < -0.39 is 0 Å². The second kappa shape index (κ2) is 8.54. The maximum atomic E-state index is 5.94. The summed E-state index contributed by atoms with van der Waals surface area (Å²) in [4.78, 5) is 0. The fraction of sp³-hybridized carbons (Fsp3) is 0.600. The number of hydrogen-bond acceptors (Lipinski definition) is 2. The van der Waals surface area contributed by atoms with Crippen LogP contribution in [0.3, 0.4) is 0 Å². The normalized spacial score (nSPS) is 12.6. The van der Waals surface area contributed by atoms with Crippen LogP contribution in [0.15, 0.2) is 22.7 Å². The quantitative estimate of drug-likeness (QED) is 0.547. The third-order valence-corrected chi connectivity index (χ3v) is 3.59. The van der Waals surface area contributed by atoms with Crippen molar-refractivity contribution in [2.75, 3.05) is 5.73 Å². The van der Waals surface area contributed by atoms with E-state index in [0.717, 1.165) is 22.1 Å². The zero-order valence-corrected chi connectivity index (χ0v) is 13.0. The Labute approximate surface area is 119 Å². The molecule has 1 atom stereocenters. The van der Waals surface area contributed by atoms with E-state index >= 15 is 0 Å². The summed E-state index contributed by atoms with van der Waals surface area (Å²) in [5.74, 6) is 0. The molecule has 0 fully saturated rings. The van der Waals surface area contributed by atoms with Crippen molar-refractivity contribution in [3.8, 4) is 0 Å². The lowest BCUT2D eigenvalue weighted by molar-refractivity contribution is 0.0462. The maximum absolute atomic E-state index is 5.94. The second-order valence-corrected chi connectivity index (χ2v) is 5.73. The van der Waals surface area contributed by atoms with E-state index in [2.05, 4.69) is 29.8 Å². The molecule has 0 amide bonds. The summed E-state index contributed by atoms with van der Waals surface area (Å²) in [6.45, 7) is 4.98. The number of unbranched alkanes of at least 4 members (excludes halogenated alkanes) is 3. The highest BCUT2D eigenvalue weighted by Crippen LogP contribution is 2.20. The standard InChI is InChI=1S/C15H24BrNO/c1-3-4-5-6-7-12(2)18-11-13-8-9-14(16)10-15(13)17/h8-10,12H,3-7,11,17H2,1-2H3. The Morgan fingerprint density at radius 2 is 2.06 bits per heavy atom. The summed E-state index contributed by atoms with van der Waals surface area (Å²) in [5, 5.41) is 0. The lowest BCUT2D eigenvalue weighted by Crippen LogP contribution is -2.09. The van der Waals surface area contributed by atoms with Crippen molar-refractivity contribution in [3.63, 3.8) is 0 Å². The van der Waals surface area contributed by atoms with E-state index in [-0.39, 0.29) is 0 Å². The van der Waals surface area contributed by atoms with Crippen molar-refractivity contribution >= 4 is 21.6 Å². The van der Waals surface area contributed by atoms with E-state index in [1.807, 2.05) is 18.2 Å². The Morgan fingerprint density at radius 1 is 1.28 bits per heavy atom. The SMILES string of the molecule is CCCCCCC(C)OCc1ccc(Br)cc1N. The molecule has 0 aliphatic heterocycles. The van der Waals surface area contributed by atoms with Gasteiger partial charge in [-0.1, -0.05) is 54.6 Å². The summed E-state index contributed by atoms with van der Waals surface area (Å²) >= 11 is 3.40. The molecule has 1 rings (SSSR count). The number of benzene rings is 1. The van der Waals surface area contributed by atoms with Crippen molar-refractivity contribution in [2.24, 2.45) is 0 Å². The number of nitrogen functional groups attached to an aromatic ring is 1. The van der Waals surface area contributed by atoms with Gasteiger partial charge >= 0.3 is 0 Å². The smallest absolute Gasteiger partial charge is 0.0740 e. The summed E-state index contributed by atoms with van der Waals surface area (Å²) in [6, 6.07) is 5.94. The average molecular weight is 314 g/mol. The van der Waals surface area contributed by atoms with Crippen LogP contribution in [-0.4, -0.2) is 6.10 Å². The van der Waals surface area contributed by atoms with Crippen molar-refractivity contribution in [1.82, 2.24) is 0 Å². The third kappa shape index (κ3) is 5.87. The van der Waals surface area contributed by atoms with Gasteiger partial charge in [0, 0.05) is 15.7 Å². The molecule has 2 N–H and O–H groups in total. The van der Waals surface area contributed by atoms with E-state index in [4.69, 9.17) is 10.5 Å². The van der Waals surface area contributed by atoms with Crippen molar-refractivity contribution in [3.05, 3.63) is 28.2 Å². The van der Waals surface area contributed by atoms with Gasteiger partial charge in [-0.15, -0.1) is 0 Å². The van der Waals surface area contributed by atoms with Crippen LogP contribution in [0.1, 0.15) is 51.5 Å². The first-order chi connectivity index (χ1) is 8.63. The fourth-order valence-electron chi connectivity index (χ4n) is 1.87. The van der Waals surface area contributed by atoms with Crippen molar-refractivity contribution in [2.45, 2.75) is 58.7 Å². The first-order valence-corrected chi connectivity index (χ1v) is 7.58. The lowest BCUT2D eigenvalue weighted by atomic mass is 10.1. The Morgan fingerprint density at radius 3 is 2.72 bits per heavy atom. The highest BCUT2D eigenvalue weighted by atomic mass is 79.9. The summed E-state index contributed by atoms with van der Waals surface area (Å²) in [5.41, 5.74) is 7.80. The molecule has 0 aliphatic rings. The minimum absolute atomic E-state index is 0.310. The molecule has 0 bridgehead atoms. The van der Waals surface area contributed by atoms with Gasteiger partial charge in [0.2, 0.25) is 0 Å². The topological polar surface area (TPSA) is 35.2 Å². The van der Waals surface area contributed by atoms with Gasteiger partial charge < -0.3 is 10.5 Å². The van der Waals surface area contributed by atoms with Crippen LogP contribution >= 0.6 is 15.9 Å². The predicted molar refractivity (Wildman–Crippen MR) is 81.6 cm³/mol. The van der Waals surface area contributed by atoms with Crippen LogP contribution in [0, 0.1) is 0 Å². The molecule has 1 aromatic carbocycles. The Bertz CT molecular complexity index is 354. The molecule has 0 aromatic heterocycles. The fourth-order valence-corrected chi connectivity index (χ4v) is 2.25. The first kappa shape index (κ1) is 15.5. The molecule has 2 nitrogen and oxygen atoms in total. The summed E-state index contributed by atoms with van der Waals surface area (Å²) < 4.78 is 6.84. The van der Waals surface area contributed by atoms with Gasteiger partial charge in [0.1, 0.15) is 0 Å². The van der Waals surface area contributed by atoms with Gasteiger partial charge in [-0.2, -0.15) is 0 Å². The van der Waals surface area contributed by atoms with Crippen LogP contribution in [0.4, 0.5) is 5.69 Å². The number of anilines is 1. The number of hydrogen-bond donors (Lipinski definition) is 1. The average Bonchev–Trinajstić information content (AvgIpc) is 2.33. The molecule has 102 valence electrons. The van der Waals surface area contributed by atoms with Crippen molar-refractivity contribution < 1.29 is 4.74 Å². The number of nitrogens with two attached hydrogens (primary N) is 1. The van der Waals surface area contributed by atoms with Crippen LogP contribution in [0.5, 0.6) is 0 Å². The molecule has 3 heteroatoms. The van der Waals surface area contributed by atoms with Crippen LogP contribution < -0.4 is 5.73 Å². The van der Waals surface area contributed by atoms with E-state index in [1.165, 1.54) is 25.7 Å². The Kier molecular flexibility index (Phi) is 7.36. The maximum Gasteiger partial charge on any atom is 0.0740 e. The molecule has 0 saturated heterocycles. The highest BCUT2D eigenvalue weighted by molar-refractivity contribution is 9.10. The first-order valence-electron chi connectivity index (χ1n) is 6.79. The molecule has 0 spiro atoms. The van der Waals surface area contributed by atoms with Crippen molar-refractivity contribution in [1.29, 1.82) is 0 Å². The Hall–Kier alpha value is -0.540. The van der Waals surface area contributed by atoms with Crippen LogP contribution in [0.25, 0.3) is 0 Å². The van der Waals surface area contributed by atoms with Gasteiger partial charge in [0.05, 0.1) is 12.7 Å². The molecule has 0 radical (unpaired) electrons. The van der Waals surface area contributed by atoms with E-state index in [0.29, 0.717) is 12.7 Å². The molecular weight excluding hydrogens is 290 g/mol. The van der Waals surface area contributed by atoms with E-state index in [1.54, 1.807) is 0 Å². The molecular formula is C15H24BrNO. The van der Waals surface area contributed by atoms with E-state index in [9.17, 15) is 0 Å². The highest BCUT2D eigenvalue weighted by Gasteiger charge is 2.05. The predicted octanol–water partition coefficient (Wildman–Crippen LogP) is 4.91. The van der Waals surface area contributed by atoms with Gasteiger partial charge in [-0.3, -0.25) is 0 Å². The summed E-state index contributed by atoms with van der Waals surface area (Å²) in [6.07, 6.45) is 6.62. The third-order valence-electron chi connectivity index (χ3n) is 3.10. The lowest BCUT2D eigenvalue weighted by Gasteiger charge is -2.14. The monoisotopic (exact) mass is 313 g/mol. The van der Waals surface area contributed by atoms with Crippen LogP contribution in [-0.2, 0) is 11.3 Å². The molecule has 18 heavy (non-hydrogen) atoms. The second-order valence-electron chi connectivity index (χ2n) is 4.81. The molecule has 0 aliphatic carbocycles. The Balaban J connectivity index is 2.27. The largest absolute Gasteiger partial charge is 0.398 e. The molecule has 0 heterocycles. The molecule has 1 aromatic rings. The molecule has 1 unspecified atom stereocenters. The zero-order valence-electron chi connectivity index (χ0n) is 11.4. The summed E-state index contributed by atoms with van der Waals surface area (Å²) in [7, 11) is 0. The minimum Gasteiger partial charge on any atom is -0.398 e. The van der Waals surface area contributed by atoms with Gasteiger partial charge in [-0.05, 0) is 25.5 Å². The molecule has 0 saturated carbocycles. The minimum atomic E-state index is 0.310. The number of halogens is 1. The van der Waals surface area contributed by atoms with Gasteiger partial charge in [0.15, 0.2) is 0 Å². The number of ether oxygens (including phenoxy) is 1. The van der Waals surface area contributed by atoms with Gasteiger partial charge in [0.25, 0.3) is 0 Å². The zero-order chi connectivity index (χ0) is 13.4.